The highest BCUT2D eigenvalue weighted by Gasteiger charge is 2.27. The molecule has 3 amide bonds. The number of hydrogen-bond donors (Lipinski definition) is 5. The summed E-state index contributed by atoms with van der Waals surface area (Å²) in [6.07, 6.45) is 3.67. The summed E-state index contributed by atoms with van der Waals surface area (Å²) in [5, 5.41) is 26.5. The van der Waals surface area contributed by atoms with Gasteiger partial charge >= 0.3 is 11.9 Å². The van der Waals surface area contributed by atoms with Gasteiger partial charge in [-0.15, -0.1) is 0 Å². The molecule has 41 heavy (non-hydrogen) atoms. The molecule has 0 aliphatic carbocycles. The maximum absolute atomic E-state index is 12.9. The number of thioether (sulfide) groups is 1. The van der Waals surface area contributed by atoms with E-state index in [2.05, 4.69) is 36.7 Å². The van der Waals surface area contributed by atoms with E-state index in [1.54, 1.807) is 0 Å². The van der Waals surface area contributed by atoms with Crippen LogP contribution in [0.1, 0.15) is 99.3 Å². The summed E-state index contributed by atoms with van der Waals surface area (Å²) in [6.45, 7) is 13.5. The molecule has 0 aliphatic rings. The molecule has 238 valence electrons. The first kappa shape index (κ1) is 38.7. The summed E-state index contributed by atoms with van der Waals surface area (Å²) in [5.74, 6) is -2.19. The van der Waals surface area contributed by atoms with Crippen molar-refractivity contribution >= 4 is 41.4 Å². The highest BCUT2D eigenvalue weighted by Crippen LogP contribution is 2.21. The molecule has 0 fully saturated rings. The second kappa shape index (κ2) is 20.5. The fraction of sp³-hybridized carbons (Fsp3) is 0.828. The van der Waals surface area contributed by atoms with Crippen LogP contribution in [0.25, 0.3) is 0 Å². The number of unbranched alkanes of at least 4 members (excludes halogenated alkanes) is 2. The Kier molecular flexibility index (Phi) is 19.4. The van der Waals surface area contributed by atoms with Crippen LogP contribution in [-0.4, -0.2) is 83.2 Å². The lowest BCUT2D eigenvalue weighted by Gasteiger charge is -2.23. The van der Waals surface area contributed by atoms with Crippen LogP contribution in [0.5, 0.6) is 0 Å². The smallest absolute Gasteiger partial charge is 0.327 e. The molecular formula is C29H53N3O8S. The minimum atomic E-state index is -1.16. The van der Waals surface area contributed by atoms with E-state index in [1.807, 2.05) is 20.8 Å². The molecule has 0 aromatic carbocycles. The Morgan fingerprint density at radius 2 is 1.44 bits per heavy atom. The molecule has 0 aromatic rings. The number of ether oxygens (including phenoxy) is 1. The number of nitrogens with one attached hydrogen (secondary N) is 3. The molecule has 12 heteroatoms. The van der Waals surface area contributed by atoms with Crippen molar-refractivity contribution in [1.82, 2.24) is 16.0 Å². The molecule has 0 radical (unpaired) electrons. The van der Waals surface area contributed by atoms with Gasteiger partial charge in [0.15, 0.2) is 0 Å². The van der Waals surface area contributed by atoms with E-state index in [9.17, 15) is 29.1 Å². The zero-order chi connectivity index (χ0) is 31.5. The van der Waals surface area contributed by atoms with E-state index in [0.717, 1.165) is 19.3 Å². The SMILES string of the molecule is CC(C)(C)CCC(=O)NCCCCOCCC(=O)N[C@@H](CCCCC(=O)O)C(=O)N[C@@H](CSCC(C)(C)C)C(=O)O. The third kappa shape index (κ3) is 24.0. The zero-order valence-corrected chi connectivity index (χ0v) is 26.6. The van der Waals surface area contributed by atoms with Gasteiger partial charge in [-0.2, -0.15) is 11.8 Å². The number of carbonyl (C=O) groups excluding carboxylic acids is 3. The highest BCUT2D eigenvalue weighted by molar-refractivity contribution is 7.99. The molecule has 0 saturated carbocycles. The minimum absolute atomic E-state index is 0.00227. The first-order chi connectivity index (χ1) is 19.0. The molecule has 5 N–H and O–H groups in total. The number of rotatable bonds is 22. The molecule has 0 saturated heterocycles. The Morgan fingerprint density at radius 3 is 2.02 bits per heavy atom. The predicted octanol–water partition coefficient (Wildman–Crippen LogP) is 3.59. The maximum Gasteiger partial charge on any atom is 0.327 e. The van der Waals surface area contributed by atoms with Gasteiger partial charge in [0.2, 0.25) is 17.7 Å². The van der Waals surface area contributed by atoms with E-state index < -0.39 is 35.8 Å². The Balaban J connectivity index is 4.58. The normalized spacial score (nSPS) is 13.2. The second-order valence-corrected chi connectivity index (χ2v) is 13.7. The third-order valence-corrected chi connectivity index (χ3v) is 7.47. The monoisotopic (exact) mass is 603 g/mol. The molecule has 2 atom stereocenters. The third-order valence-electron chi connectivity index (χ3n) is 5.83. The molecule has 0 rings (SSSR count). The van der Waals surface area contributed by atoms with Crippen molar-refractivity contribution in [2.75, 3.05) is 31.3 Å². The van der Waals surface area contributed by atoms with Crippen molar-refractivity contribution in [3.8, 4) is 0 Å². The van der Waals surface area contributed by atoms with E-state index in [0.29, 0.717) is 38.2 Å². The van der Waals surface area contributed by atoms with E-state index in [-0.39, 0.29) is 48.4 Å². The van der Waals surface area contributed by atoms with Gasteiger partial charge in [-0.3, -0.25) is 19.2 Å². The standard InChI is InChI=1S/C29H53N3O8S/c1-28(2,3)15-13-23(33)30-16-9-10-17-40-18-14-24(34)31-21(11-7-8-12-25(35)36)26(37)32-22(27(38)39)19-41-20-29(4,5)6/h21-22H,7-20H2,1-6H3,(H,30,33)(H,31,34)(H,32,37)(H,35,36)(H,38,39)/t21-,22-/m0/s1. The number of amides is 3. The van der Waals surface area contributed by atoms with Crippen molar-refractivity contribution in [3.05, 3.63) is 0 Å². The van der Waals surface area contributed by atoms with E-state index in [4.69, 9.17) is 9.84 Å². The van der Waals surface area contributed by atoms with Gasteiger partial charge in [-0.05, 0) is 48.7 Å². The van der Waals surface area contributed by atoms with Gasteiger partial charge in [0.1, 0.15) is 12.1 Å². The van der Waals surface area contributed by atoms with Crippen LogP contribution in [-0.2, 0) is 28.7 Å². The lowest BCUT2D eigenvalue weighted by Crippen LogP contribution is -2.52. The molecular weight excluding hydrogens is 550 g/mol. The number of carboxylic acid groups (broad SMARTS) is 2. The van der Waals surface area contributed by atoms with Crippen LogP contribution in [0, 0.1) is 10.8 Å². The molecule has 0 heterocycles. The number of aliphatic carboxylic acids is 2. The van der Waals surface area contributed by atoms with Crippen molar-refractivity contribution in [2.45, 2.75) is 111 Å². The lowest BCUT2D eigenvalue weighted by molar-refractivity contribution is -0.141. The van der Waals surface area contributed by atoms with Crippen molar-refractivity contribution in [1.29, 1.82) is 0 Å². The molecule has 0 aromatic heterocycles. The summed E-state index contributed by atoms with van der Waals surface area (Å²) in [5.41, 5.74) is 0.121. The van der Waals surface area contributed by atoms with E-state index in [1.165, 1.54) is 11.8 Å². The van der Waals surface area contributed by atoms with Crippen LogP contribution in [0.15, 0.2) is 0 Å². The zero-order valence-electron chi connectivity index (χ0n) is 25.8. The van der Waals surface area contributed by atoms with Gasteiger partial charge in [0.25, 0.3) is 0 Å². The number of carboxylic acids is 2. The van der Waals surface area contributed by atoms with Gasteiger partial charge in [0.05, 0.1) is 6.61 Å². The molecule has 0 spiro atoms. The maximum atomic E-state index is 12.9. The summed E-state index contributed by atoms with van der Waals surface area (Å²) >= 11 is 1.43. The first-order valence-electron chi connectivity index (χ1n) is 14.5. The minimum Gasteiger partial charge on any atom is -0.481 e. The average Bonchev–Trinajstić information content (AvgIpc) is 2.84. The van der Waals surface area contributed by atoms with Crippen LogP contribution in [0.3, 0.4) is 0 Å². The fourth-order valence-electron chi connectivity index (χ4n) is 3.49. The molecule has 0 unspecified atom stereocenters. The van der Waals surface area contributed by atoms with Crippen molar-refractivity contribution in [2.24, 2.45) is 10.8 Å². The highest BCUT2D eigenvalue weighted by atomic mass is 32.2. The van der Waals surface area contributed by atoms with Gasteiger partial charge in [-0.1, -0.05) is 48.0 Å². The van der Waals surface area contributed by atoms with E-state index >= 15 is 0 Å². The lowest BCUT2D eigenvalue weighted by atomic mass is 9.90. The van der Waals surface area contributed by atoms with Crippen LogP contribution in [0.2, 0.25) is 0 Å². The Morgan fingerprint density at radius 1 is 0.756 bits per heavy atom. The Hall–Kier alpha value is -2.34. The molecule has 11 nitrogen and oxygen atoms in total. The molecule has 0 bridgehead atoms. The summed E-state index contributed by atoms with van der Waals surface area (Å²) in [6, 6.07) is -2.09. The van der Waals surface area contributed by atoms with Crippen molar-refractivity contribution < 1.29 is 38.9 Å². The van der Waals surface area contributed by atoms with Gasteiger partial charge in [0, 0.05) is 38.2 Å². The topological polar surface area (TPSA) is 171 Å². The Bertz CT molecular complexity index is 824. The van der Waals surface area contributed by atoms with Crippen LogP contribution >= 0.6 is 11.8 Å². The number of carbonyl (C=O) groups is 5. The quantitative estimate of drug-likeness (QED) is 0.116. The second-order valence-electron chi connectivity index (χ2n) is 12.7. The summed E-state index contributed by atoms with van der Waals surface area (Å²) in [4.78, 5) is 59.8. The Labute approximate surface area is 249 Å². The molecule has 0 aliphatic heterocycles. The number of hydrogen-bond acceptors (Lipinski definition) is 7. The first-order valence-corrected chi connectivity index (χ1v) is 15.6. The largest absolute Gasteiger partial charge is 0.481 e. The fourth-order valence-corrected chi connectivity index (χ4v) is 4.68. The van der Waals surface area contributed by atoms with Gasteiger partial charge in [-0.25, -0.2) is 4.79 Å². The average molecular weight is 604 g/mol. The summed E-state index contributed by atoms with van der Waals surface area (Å²) in [7, 11) is 0. The van der Waals surface area contributed by atoms with Crippen LogP contribution < -0.4 is 16.0 Å². The van der Waals surface area contributed by atoms with Crippen LogP contribution in [0.4, 0.5) is 0 Å². The summed E-state index contributed by atoms with van der Waals surface area (Å²) < 4.78 is 5.52. The van der Waals surface area contributed by atoms with Gasteiger partial charge < -0.3 is 30.9 Å². The van der Waals surface area contributed by atoms with Crippen molar-refractivity contribution in [3.63, 3.8) is 0 Å². The predicted molar refractivity (Wildman–Crippen MR) is 161 cm³/mol.